The largest absolute Gasteiger partial charge is 0.388 e. The fourth-order valence-electron chi connectivity index (χ4n) is 2.42. The Morgan fingerprint density at radius 3 is 2.35 bits per heavy atom. The van der Waals surface area contributed by atoms with E-state index in [-0.39, 0.29) is 13.2 Å². The molecule has 1 rings (SSSR count). The lowest BCUT2D eigenvalue weighted by atomic mass is 10.1. The summed E-state index contributed by atoms with van der Waals surface area (Å²) in [7, 11) is 0. The first-order chi connectivity index (χ1) is 9.66. The predicted molar refractivity (Wildman–Crippen MR) is 76.6 cm³/mol. The minimum absolute atomic E-state index is 0.0701. The minimum atomic E-state index is -1.02. The molecular formula is C15H30O5. The van der Waals surface area contributed by atoms with Crippen LogP contribution in [0.15, 0.2) is 0 Å². The summed E-state index contributed by atoms with van der Waals surface area (Å²) in [5.41, 5.74) is 0. The summed E-state index contributed by atoms with van der Waals surface area (Å²) in [6.07, 6.45) is 5.03. The van der Waals surface area contributed by atoms with Gasteiger partial charge in [0.25, 0.3) is 0 Å². The summed E-state index contributed by atoms with van der Waals surface area (Å²) in [6.45, 7) is 3.05. The van der Waals surface area contributed by atoms with Gasteiger partial charge in [-0.25, -0.2) is 0 Å². The van der Waals surface area contributed by atoms with E-state index in [9.17, 15) is 15.3 Å². The SMILES string of the molecule is CCCCCCCCCOC[C@@H](O)[C@H]1OC[C@H](O)[C@H]1O. The van der Waals surface area contributed by atoms with E-state index < -0.39 is 24.4 Å². The Morgan fingerprint density at radius 2 is 1.75 bits per heavy atom. The molecule has 1 heterocycles. The van der Waals surface area contributed by atoms with Gasteiger partial charge < -0.3 is 24.8 Å². The third kappa shape index (κ3) is 6.50. The zero-order valence-corrected chi connectivity index (χ0v) is 12.5. The van der Waals surface area contributed by atoms with E-state index in [1.54, 1.807) is 0 Å². The van der Waals surface area contributed by atoms with Gasteiger partial charge in [0.2, 0.25) is 0 Å². The first kappa shape index (κ1) is 17.9. The van der Waals surface area contributed by atoms with Gasteiger partial charge in [-0.05, 0) is 6.42 Å². The zero-order valence-electron chi connectivity index (χ0n) is 12.5. The van der Waals surface area contributed by atoms with Crippen LogP contribution in [0.25, 0.3) is 0 Å². The number of aliphatic hydroxyl groups is 3. The highest BCUT2D eigenvalue weighted by atomic mass is 16.5. The molecular weight excluding hydrogens is 260 g/mol. The highest BCUT2D eigenvalue weighted by Gasteiger charge is 2.39. The average Bonchev–Trinajstić information content (AvgIpc) is 2.77. The summed E-state index contributed by atoms with van der Waals surface area (Å²) in [5, 5.41) is 28.7. The van der Waals surface area contributed by atoms with E-state index in [0.717, 1.165) is 12.8 Å². The van der Waals surface area contributed by atoms with Crippen molar-refractivity contribution in [2.75, 3.05) is 19.8 Å². The molecule has 0 aliphatic carbocycles. The first-order valence-electron chi connectivity index (χ1n) is 7.90. The maximum absolute atomic E-state index is 9.82. The van der Waals surface area contributed by atoms with Gasteiger partial charge in [-0.3, -0.25) is 0 Å². The van der Waals surface area contributed by atoms with Crippen LogP contribution in [0.2, 0.25) is 0 Å². The predicted octanol–water partition coefficient (Wildman–Crippen LogP) is 1.24. The molecule has 0 bridgehead atoms. The topological polar surface area (TPSA) is 79.2 Å². The second-order valence-electron chi connectivity index (χ2n) is 5.62. The van der Waals surface area contributed by atoms with Gasteiger partial charge in [0.15, 0.2) is 0 Å². The van der Waals surface area contributed by atoms with Crippen LogP contribution in [0, 0.1) is 0 Å². The Labute approximate surface area is 121 Å². The second-order valence-corrected chi connectivity index (χ2v) is 5.62. The summed E-state index contributed by atoms with van der Waals surface area (Å²) in [5.74, 6) is 0. The molecule has 0 unspecified atom stereocenters. The van der Waals surface area contributed by atoms with E-state index in [2.05, 4.69) is 6.92 Å². The van der Waals surface area contributed by atoms with E-state index >= 15 is 0 Å². The van der Waals surface area contributed by atoms with Crippen molar-refractivity contribution in [3.05, 3.63) is 0 Å². The number of ether oxygens (including phenoxy) is 2. The fraction of sp³-hybridized carbons (Fsp3) is 1.00. The van der Waals surface area contributed by atoms with Gasteiger partial charge in [0.1, 0.15) is 24.4 Å². The molecule has 0 spiro atoms. The lowest BCUT2D eigenvalue weighted by Crippen LogP contribution is -2.40. The molecule has 0 amide bonds. The van der Waals surface area contributed by atoms with Gasteiger partial charge in [-0.15, -0.1) is 0 Å². The quantitative estimate of drug-likeness (QED) is 0.499. The molecule has 20 heavy (non-hydrogen) atoms. The first-order valence-corrected chi connectivity index (χ1v) is 7.90. The minimum Gasteiger partial charge on any atom is -0.388 e. The van der Waals surface area contributed by atoms with Crippen molar-refractivity contribution in [3.8, 4) is 0 Å². The highest BCUT2D eigenvalue weighted by molar-refractivity contribution is 4.87. The molecule has 5 heteroatoms. The Balaban J connectivity index is 1.93. The van der Waals surface area contributed by atoms with Crippen molar-refractivity contribution in [1.82, 2.24) is 0 Å². The van der Waals surface area contributed by atoms with Crippen molar-refractivity contribution in [2.24, 2.45) is 0 Å². The summed E-state index contributed by atoms with van der Waals surface area (Å²) < 4.78 is 10.5. The lowest BCUT2D eigenvalue weighted by Gasteiger charge is -2.20. The van der Waals surface area contributed by atoms with Crippen molar-refractivity contribution in [2.45, 2.75) is 76.3 Å². The van der Waals surface area contributed by atoms with E-state index in [0.29, 0.717) is 6.61 Å². The number of unbranched alkanes of at least 4 members (excludes halogenated alkanes) is 6. The smallest absolute Gasteiger partial charge is 0.114 e. The number of hydrogen-bond acceptors (Lipinski definition) is 5. The van der Waals surface area contributed by atoms with E-state index in [4.69, 9.17) is 9.47 Å². The Bertz CT molecular complexity index is 236. The number of hydrogen-bond donors (Lipinski definition) is 3. The van der Waals surface area contributed by atoms with Crippen LogP contribution in [-0.4, -0.2) is 59.6 Å². The van der Waals surface area contributed by atoms with E-state index in [1.807, 2.05) is 0 Å². The summed E-state index contributed by atoms with van der Waals surface area (Å²) in [4.78, 5) is 0. The maximum Gasteiger partial charge on any atom is 0.114 e. The molecule has 120 valence electrons. The standard InChI is InChI=1S/C15H30O5/c1-2-3-4-5-6-7-8-9-19-10-13(17)15-14(18)12(16)11-20-15/h12-18H,2-11H2,1H3/t12-,13+,14+,15+/m0/s1. The van der Waals surface area contributed by atoms with Gasteiger partial charge >= 0.3 is 0 Å². The zero-order chi connectivity index (χ0) is 14.8. The van der Waals surface area contributed by atoms with Crippen molar-refractivity contribution in [3.63, 3.8) is 0 Å². The van der Waals surface area contributed by atoms with Crippen LogP contribution in [0.3, 0.4) is 0 Å². The van der Waals surface area contributed by atoms with Gasteiger partial charge in [-0.2, -0.15) is 0 Å². The number of rotatable bonds is 11. The highest BCUT2D eigenvalue weighted by Crippen LogP contribution is 2.17. The van der Waals surface area contributed by atoms with E-state index in [1.165, 1.54) is 32.1 Å². The van der Waals surface area contributed by atoms with Crippen molar-refractivity contribution >= 4 is 0 Å². The molecule has 1 saturated heterocycles. The van der Waals surface area contributed by atoms with Crippen molar-refractivity contribution in [1.29, 1.82) is 0 Å². The van der Waals surface area contributed by atoms with Crippen LogP contribution < -0.4 is 0 Å². The van der Waals surface area contributed by atoms with Crippen molar-refractivity contribution < 1.29 is 24.8 Å². The summed E-state index contributed by atoms with van der Waals surface area (Å²) in [6, 6.07) is 0. The molecule has 0 saturated carbocycles. The molecule has 0 aromatic rings. The Morgan fingerprint density at radius 1 is 1.10 bits per heavy atom. The molecule has 1 aliphatic heterocycles. The van der Waals surface area contributed by atoms with Crippen LogP contribution in [0.5, 0.6) is 0 Å². The molecule has 5 nitrogen and oxygen atoms in total. The maximum atomic E-state index is 9.82. The monoisotopic (exact) mass is 290 g/mol. The Kier molecular flexibility index (Phi) is 9.39. The number of aliphatic hydroxyl groups excluding tert-OH is 3. The molecule has 0 radical (unpaired) electrons. The third-order valence-corrected chi connectivity index (χ3v) is 3.75. The molecule has 0 aromatic heterocycles. The molecule has 4 atom stereocenters. The van der Waals surface area contributed by atoms with Gasteiger partial charge in [-0.1, -0.05) is 45.4 Å². The average molecular weight is 290 g/mol. The second kappa shape index (κ2) is 10.5. The van der Waals surface area contributed by atoms with Gasteiger partial charge in [0, 0.05) is 6.61 Å². The van der Waals surface area contributed by atoms with Gasteiger partial charge in [0.05, 0.1) is 13.2 Å². The lowest BCUT2D eigenvalue weighted by molar-refractivity contribution is -0.0813. The normalized spacial score (nSPS) is 27.9. The van der Waals surface area contributed by atoms with Crippen LogP contribution >= 0.6 is 0 Å². The van der Waals surface area contributed by atoms with Crippen LogP contribution in [-0.2, 0) is 9.47 Å². The molecule has 1 aliphatic rings. The molecule has 3 N–H and O–H groups in total. The third-order valence-electron chi connectivity index (χ3n) is 3.75. The summed E-state index contributed by atoms with van der Waals surface area (Å²) >= 11 is 0. The van der Waals surface area contributed by atoms with Crippen LogP contribution in [0.1, 0.15) is 51.9 Å². The molecule has 0 aromatic carbocycles. The van der Waals surface area contributed by atoms with Crippen LogP contribution in [0.4, 0.5) is 0 Å². The Hall–Kier alpha value is -0.200. The fourth-order valence-corrected chi connectivity index (χ4v) is 2.42. The molecule has 1 fully saturated rings.